The minimum absolute atomic E-state index is 0.119. The molecule has 0 heterocycles. The van der Waals surface area contributed by atoms with Gasteiger partial charge in [0, 0.05) is 16.7 Å². The van der Waals surface area contributed by atoms with Crippen LogP contribution in [0.2, 0.25) is 0 Å². The van der Waals surface area contributed by atoms with E-state index in [1.807, 2.05) is 6.92 Å². The van der Waals surface area contributed by atoms with Crippen LogP contribution in [0.5, 0.6) is 17.2 Å². The molecule has 2 rings (SSSR count). The highest BCUT2D eigenvalue weighted by Gasteiger charge is 2.16. The van der Waals surface area contributed by atoms with Crippen LogP contribution in [0.15, 0.2) is 47.3 Å². The SMILES string of the molecule is [2H]c1c([2H])c([2H])c(OC([2H])([2H])C([2H])([2H])[2H])c(OCCN[C@H](C)Cc2ccc(OC)c(S(N)(=O)=O)c2)c1[2H]. The molecule has 0 amide bonds. The summed E-state index contributed by atoms with van der Waals surface area (Å²) in [6.07, 6.45) is 0.393. The lowest BCUT2D eigenvalue weighted by atomic mass is 10.1. The molecule has 1 atom stereocenters. The summed E-state index contributed by atoms with van der Waals surface area (Å²) < 4.78 is 108. The first-order valence-corrected chi connectivity index (χ1v) is 9.80. The van der Waals surface area contributed by atoms with Crippen LogP contribution in [0.1, 0.15) is 31.7 Å². The number of primary sulfonamides is 1. The van der Waals surface area contributed by atoms with Crippen molar-refractivity contribution in [2.75, 3.05) is 26.8 Å². The van der Waals surface area contributed by atoms with E-state index in [1.165, 1.54) is 19.2 Å². The van der Waals surface area contributed by atoms with E-state index in [0.717, 1.165) is 0 Å². The van der Waals surface area contributed by atoms with Gasteiger partial charge in [-0.2, -0.15) is 0 Å². The number of hydrogen-bond acceptors (Lipinski definition) is 6. The van der Waals surface area contributed by atoms with Crippen LogP contribution in [0.3, 0.4) is 0 Å². The maximum absolute atomic E-state index is 11.8. The highest BCUT2D eigenvalue weighted by Crippen LogP contribution is 2.26. The summed E-state index contributed by atoms with van der Waals surface area (Å²) in [6, 6.07) is 1.56. The van der Waals surface area contributed by atoms with Crippen LogP contribution < -0.4 is 24.7 Å². The zero-order valence-electron chi connectivity index (χ0n) is 24.5. The number of rotatable bonds is 11. The number of nitrogens with one attached hydrogen (secondary N) is 1. The molecular formula is C20H28N2O5S. The second kappa shape index (κ2) is 10.3. The molecule has 0 aliphatic carbocycles. The number of hydrogen-bond donors (Lipinski definition) is 2. The Hall–Kier alpha value is -2.29. The minimum Gasteiger partial charge on any atom is -0.495 e. The molecule has 28 heavy (non-hydrogen) atoms. The maximum atomic E-state index is 11.8. The molecule has 0 radical (unpaired) electrons. The monoisotopic (exact) mass is 417 g/mol. The number of nitrogens with two attached hydrogens (primary N) is 1. The summed E-state index contributed by atoms with van der Waals surface area (Å²) in [4.78, 5) is -0.148. The molecule has 7 nitrogen and oxygen atoms in total. The Labute approximate surface area is 179 Å². The largest absolute Gasteiger partial charge is 0.495 e. The zero-order chi connectivity index (χ0) is 28.3. The summed E-state index contributed by atoms with van der Waals surface area (Å²) in [5, 5.41) is 8.35. The highest BCUT2D eigenvalue weighted by atomic mass is 32.2. The van der Waals surface area contributed by atoms with Crippen LogP contribution in [0, 0.1) is 0 Å². The maximum Gasteiger partial charge on any atom is 0.241 e. The summed E-state index contributed by atoms with van der Waals surface area (Å²) in [7, 11) is -2.67. The third-order valence-electron chi connectivity index (χ3n) is 3.69. The van der Waals surface area contributed by atoms with Crippen molar-refractivity contribution in [1.29, 1.82) is 0 Å². The van der Waals surface area contributed by atoms with Crippen LogP contribution in [-0.4, -0.2) is 41.3 Å². The predicted octanol–water partition coefficient (Wildman–Crippen LogP) is 2.34. The van der Waals surface area contributed by atoms with Crippen molar-refractivity contribution in [2.45, 2.75) is 31.1 Å². The Morgan fingerprint density at radius 2 is 1.96 bits per heavy atom. The minimum atomic E-state index is -4.00. The normalized spacial score (nSPS) is 18.0. The molecule has 0 unspecified atom stereocenters. The second-order valence-electron chi connectivity index (χ2n) is 5.80. The van der Waals surface area contributed by atoms with Gasteiger partial charge >= 0.3 is 0 Å². The van der Waals surface area contributed by atoms with Gasteiger partial charge in [-0.05, 0) is 50.0 Å². The number of para-hydroxylation sites is 2. The molecule has 0 aliphatic heterocycles. The van der Waals surface area contributed by atoms with Crippen molar-refractivity contribution < 1.29 is 35.0 Å². The fourth-order valence-corrected chi connectivity index (χ4v) is 3.22. The molecule has 0 spiro atoms. The van der Waals surface area contributed by atoms with Crippen molar-refractivity contribution >= 4 is 10.0 Å². The van der Waals surface area contributed by atoms with Gasteiger partial charge in [0.2, 0.25) is 10.0 Å². The first kappa shape index (κ1) is 12.3. The van der Waals surface area contributed by atoms with E-state index in [9.17, 15) is 8.42 Å². The molecule has 2 aromatic carbocycles. The Balaban J connectivity index is 2.13. The number of benzene rings is 2. The summed E-state index contributed by atoms with van der Waals surface area (Å²) in [5.41, 5.74) is 0.658. The molecule has 0 aromatic heterocycles. The molecule has 3 N–H and O–H groups in total. The zero-order valence-corrected chi connectivity index (χ0v) is 16.3. The molecule has 0 saturated carbocycles. The second-order valence-corrected chi connectivity index (χ2v) is 7.33. The van der Waals surface area contributed by atoms with Crippen molar-refractivity contribution in [2.24, 2.45) is 5.14 Å². The van der Waals surface area contributed by atoms with Crippen molar-refractivity contribution in [3.8, 4) is 17.2 Å². The van der Waals surface area contributed by atoms with Gasteiger partial charge in [-0.1, -0.05) is 18.2 Å². The molecule has 0 fully saturated rings. The molecule has 0 aliphatic rings. The van der Waals surface area contributed by atoms with Gasteiger partial charge in [-0.3, -0.25) is 0 Å². The molecular weight excluding hydrogens is 380 g/mol. The molecule has 154 valence electrons. The van der Waals surface area contributed by atoms with E-state index in [-0.39, 0.29) is 29.8 Å². The summed E-state index contributed by atoms with van der Waals surface area (Å²) >= 11 is 0. The van der Waals surface area contributed by atoms with Gasteiger partial charge in [0.25, 0.3) is 0 Å². The van der Waals surface area contributed by atoms with Gasteiger partial charge in [-0.25, -0.2) is 13.6 Å². The van der Waals surface area contributed by atoms with E-state index < -0.39 is 59.1 Å². The van der Waals surface area contributed by atoms with Gasteiger partial charge in [0.05, 0.1) is 21.9 Å². The topological polar surface area (TPSA) is 99.9 Å². The van der Waals surface area contributed by atoms with E-state index in [4.69, 9.17) is 31.7 Å². The number of sulfonamides is 1. The van der Waals surface area contributed by atoms with Gasteiger partial charge in [-0.15, -0.1) is 0 Å². The first-order valence-electron chi connectivity index (χ1n) is 12.8. The molecule has 0 bridgehead atoms. The number of methoxy groups -OCH3 is 1. The quantitative estimate of drug-likeness (QED) is 0.545. The fourth-order valence-electron chi connectivity index (χ4n) is 2.47. The lowest BCUT2D eigenvalue weighted by Crippen LogP contribution is -2.32. The van der Waals surface area contributed by atoms with E-state index in [2.05, 4.69) is 5.32 Å². The lowest BCUT2D eigenvalue weighted by molar-refractivity contribution is 0.272. The summed E-state index contributed by atoms with van der Waals surface area (Å²) in [5.74, 6) is -1.16. The van der Waals surface area contributed by atoms with Crippen molar-refractivity contribution in [3.05, 3.63) is 47.9 Å². The predicted molar refractivity (Wildman–Crippen MR) is 109 cm³/mol. The Kier molecular flexibility index (Phi) is 4.53. The Bertz CT molecular complexity index is 1240. The number of ether oxygens (including phenoxy) is 3. The van der Waals surface area contributed by atoms with Gasteiger partial charge in [0.1, 0.15) is 17.3 Å². The van der Waals surface area contributed by atoms with Gasteiger partial charge in [0.15, 0.2) is 11.5 Å². The molecule has 8 heteroatoms. The van der Waals surface area contributed by atoms with Crippen LogP contribution in [-0.2, 0) is 16.4 Å². The smallest absolute Gasteiger partial charge is 0.241 e. The van der Waals surface area contributed by atoms with Crippen molar-refractivity contribution in [3.63, 3.8) is 0 Å². The standard InChI is InChI=1S/C20H28N2O5S/c1-4-26-17-7-5-6-8-18(17)27-12-11-22-15(2)13-16-9-10-19(25-3)20(14-16)28(21,23)24/h5-10,14-15,22H,4,11-13H2,1-3H3,(H2,21,23,24)/t15-/m1/s1/i1D3,4D2,5D,6D,7D,8D. The van der Waals surface area contributed by atoms with Crippen LogP contribution in [0.4, 0.5) is 0 Å². The van der Waals surface area contributed by atoms with Crippen LogP contribution >= 0.6 is 0 Å². The first-order chi connectivity index (χ1) is 16.9. The lowest BCUT2D eigenvalue weighted by Gasteiger charge is -2.16. The van der Waals surface area contributed by atoms with Gasteiger partial charge < -0.3 is 19.5 Å². The third kappa shape index (κ3) is 6.40. The molecule has 0 saturated heterocycles. The van der Waals surface area contributed by atoms with E-state index in [0.29, 0.717) is 12.0 Å². The fraction of sp³-hybridized carbons (Fsp3) is 0.400. The highest BCUT2D eigenvalue weighted by molar-refractivity contribution is 7.89. The van der Waals surface area contributed by atoms with Crippen molar-refractivity contribution in [1.82, 2.24) is 5.32 Å². The Morgan fingerprint density at radius 1 is 1.25 bits per heavy atom. The van der Waals surface area contributed by atoms with Crippen LogP contribution in [0.25, 0.3) is 0 Å². The third-order valence-corrected chi connectivity index (χ3v) is 4.62. The average Bonchev–Trinajstić information content (AvgIpc) is 2.79. The average molecular weight is 418 g/mol. The van der Waals surface area contributed by atoms with E-state index in [1.54, 1.807) is 6.07 Å². The van der Waals surface area contributed by atoms with E-state index >= 15 is 0 Å². The Morgan fingerprint density at radius 3 is 2.61 bits per heavy atom. The summed E-state index contributed by atoms with van der Waals surface area (Å²) in [6.45, 7) is -4.65. The molecule has 2 aromatic rings.